The fourth-order valence-corrected chi connectivity index (χ4v) is 10.7. The number of alkyl halides is 2. The molecule has 6 aliphatic rings. The number of imidazole rings is 1. The van der Waals surface area contributed by atoms with Crippen LogP contribution in [0.3, 0.4) is 0 Å². The molecule has 296 valence electrons. The summed E-state index contributed by atoms with van der Waals surface area (Å²) >= 11 is 0. The Balaban J connectivity index is 0.889. The van der Waals surface area contributed by atoms with Crippen molar-refractivity contribution in [3.63, 3.8) is 0 Å². The van der Waals surface area contributed by atoms with Crippen LogP contribution >= 0.6 is 0 Å². The zero-order valence-electron chi connectivity index (χ0n) is 33.9. The summed E-state index contributed by atoms with van der Waals surface area (Å²) in [4.78, 5) is 44.8. The van der Waals surface area contributed by atoms with Crippen LogP contribution < -0.4 is 0 Å². The molecule has 1 aromatic heterocycles. The van der Waals surface area contributed by atoms with Gasteiger partial charge in [0.05, 0.1) is 29.7 Å². The average molecular weight is 770 g/mol. The van der Waals surface area contributed by atoms with Crippen LogP contribution in [0.4, 0.5) is 14.5 Å². The van der Waals surface area contributed by atoms with E-state index in [9.17, 15) is 9.59 Å². The number of aliphatic imine (C=N–C) groups is 1. The van der Waals surface area contributed by atoms with Crippen LogP contribution in [0, 0.1) is 35.0 Å². The largest absolute Gasteiger partial charge is 0.340 e. The van der Waals surface area contributed by atoms with Gasteiger partial charge in [0.2, 0.25) is 11.8 Å². The molecule has 2 amide bonds. The average Bonchev–Trinajstić information content (AvgIpc) is 3.85. The Morgan fingerprint density at radius 3 is 2.18 bits per heavy atom. The zero-order valence-corrected chi connectivity index (χ0v) is 33.9. The second-order valence-corrected chi connectivity index (χ2v) is 19.1. The highest BCUT2D eigenvalue weighted by atomic mass is 19.3. The molecule has 2 bridgehead atoms. The van der Waals surface area contributed by atoms with Crippen molar-refractivity contribution in [2.75, 3.05) is 6.54 Å². The van der Waals surface area contributed by atoms with E-state index >= 15 is 8.78 Å². The third-order valence-corrected chi connectivity index (χ3v) is 15.0. The number of halogens is 2. The Hall–Kier alpha value is -4.66. The summed E-state index contributed by atoms with van der Waals surface area (Å²) in [5, 5.41) is 0. The lowest BCUT2D eigenvalue weighted by atomic mass is 9.89. The van der Waals surface area contributed by atoms with E-state index in [1.807, 2.05) is 49.1 Å². The van der Waals surface area contributed by atoms with Crippen LogP contribution in [0.25, 0.3) is 33.5 Å². The normalized spacial score (nSPS) is 25.6. The smallest absolute Gasteiger partial charge is 0.299 e. The maximum atomic E-state index is 16.6. The molecule has 4 fully saturated rings. The molecule has 1 N–H and O–H groups in total. The van der Waals surface area contributed by atoms with Crippen molar-refractivity contribution in [3.05, 3.63) is 83.3 Å². The summed E-state index contributed by atoms with van der Waals surface area (Å²) in [6.07, 6.45) is 8.79. The van der Waals surface area contributed by atoms with Gasteiger partial charge in [-0.3, -0.25) is 14.6 Å². The number of H-pyrrole nitrogens is 1. The minimum atomic E-state index is -3.18. The van der Waals surface area contributed by atoms with Crippen LogP contribution in [0.2, 0.25) is 0 Å². The molecule has 7 nitrogen and oxygen atoms in total. The van der Waals surface area contributed by atoms with Crippen molar-refractivity contribution in [1.82, 2.24) is 19.8 Å². The number of hydrogen-bond donors (Lipinski definition) is 1. The van der Waals surface area contributed by atoms with E-state index in [4.69, 9.17) is 9.98 Å². The van der Waals surface area contributed by atoms with E-state index in [0.29, 0.717) is 40.8 Å². The van der Waals surface area contributed by atoms with Crippen LogP contribution in [0.1, 0.15) is 109 Å². The molecule has 3 aliphatic carbocycles. The van der Waals surface area contributed by atoms with Crippen LogP contribution in [0.15, 0.2) is 65.8 Å². The minimum Gasteiger partial charge on any atom is -0.340 e. The predicted octanol–water partition coefficient (Wildman–Crippen LogP) is 10.5. The highest BCUT2D eigenvalue weighted by Crippen LogP contribution is 2.59. The molecule has 10 rings (SSSR count). The highest BCUT2D eigenvalue weighted by Gasteiger charge is 2.55. The van der Waals surface area contributed by atoms with Crippen LogP contribution in [0.5, 0.6) is 0 Å². The Labute approximate surface area is 334 Å². The molecule has 4 heterocycles. The van der Waals surface area contributed by atoms with Gasteiger partial charge in [0.1, 0.15) is 5.82 Å². The number of fused-ring (bicyclic) bond motifs is 6. The number of aromatic amines is 1. The SMILES string of the molecule is CC(C)[C@H](C)C(=O)N1CC2(CC2)C[C@H]1c1ncc(-c2ccc3c(c2)C(F)(F)c2cc(-c4ccc5c(c4)CC([C@@H]4[C@H]6CC[C@H](C6)N4C(=O)[C@@H](C)C(C)C)=N5)ccc2-3)[nH]1. The number of rotatable bonds is 8. The van der Waals surface area contributed by atoms with Gasteiger partial charge >= 0.3 is 0 Å². The quantitative estimate of drug-likeness (QED) is 0.194. The van der Waals surface area contributed by atoms with E-state index in [1.165, 1.54) is 0 Å². The highest BCUT2D eigenvalue weighted by molar-refractivity contribution is 6.01. The lowest BCUT2D eigenvalue weighted by molar-refractivity contribution is -0.139. The first-order valence-electron chi connectivity index (χ1n) is 21.3. The van der Waals surface area contributed by atoms with Gasteiger partial charge in [0.15, 0.2) is 0 Å². The Bertz CT molecular complexity index is 2360. The topological polar surface area (TPSA) is 81.7 Å². The molecule has 2 saturated heterocycles. The molecular formula is C48H53F2N5O2. The number of piperidine rings is 1. The van der Waals surface area contributed by atoms with Crippen molar-refractivity contribution in [2.45, 2.75) is 111 Å². The number of carbonyl (C=O) groups is 2. The lowest BCUT2D eigenvalue weighted by Crippen LogP contribution is -2.51. The van der Waals surface area contributed by atoms with Gasteiger partial charge in [-0.05, 0) is 114 Å². The van der Waals surface area contributed by atoms with Gasteiger partial charge in [-0.1, -0.05) is 71.9 Å². The van der Waals surface area contributed by atoms with E-state index in [0.717, 1.165) is 79.0 Å². The number of benzene rings is 3. The summed E-state index contributed by atoms with van der Waals surface area (Å²) in [6, 6.07) is 17.0. The number of nitrogens with one attached hydrogen (secondary N) is 1. The third kappa shape index (κ3) is 5.76. The second-order valence-electron chi connectivity index (χ2n) is 19.1. The molecule has 3 aliphatic heterocycles. The van der Waals surface area contributed by atoms with Gasteiger partial charge in [0.25, 0.3) is 5.92 Å². The number of likely N-dealkylation sites (tertiary alicyclic amines) is 2. The Morgan fingerprint density at radius 1 is 0.825 bits per heavy atom. The molecule has 3 aromatic carbocycles. The number of aromatic nitrogens is 2. The van der Waals surface area contributed by atoms with Crippen LogP contribution in [-0.2, 0) is 21.9 Å². The summed E-state index contributed by atoms with van der Waals surface area (Å²) < 4.78 is 33.1. The van der Waals surface area contributed by atoms with Crippen LogP contribution in [-0.4, -0.2) is 55.9 Å². The Morgan fingerprint density at radius 2 is 1.47 bits per heavy atom. The summed E-state index contributed by atoms with van der Waals surface area (Å²) in [7, 11) is 0. The number of hydrogen-bond acceptors (Lipinski definition) is 4. The predicted molar refractivity (Wildman–Crippen MR) is 219 cm³/mol. The van der Waals surface area contributed by atoms with E-state index < -0.39 is 5.92 Å². The summed E-state index contributed by atoms with van der Waals surface area (Å²) in [5.41, 5.74) is 7.30. The van der Waals surface area contributed by atoms with Gasteiger partial charge in [0, 0.05) is 53.2 Å². The molecule has 1 spiro atoms. The first kappa shape index (κ1) is 36.7. The lowest BCUT2D eigenvalue weighted by Gasteiger charge is -2.38. The summed E-state index contributed by atoms with van der Waals surface area (Å²) in [6.45, 7) is 13.2. The number of amides is 2. The molecule has 6 atom stereocenters. The molecule has 0 unspecified atom stereocenters. The molecule has 4 aromatic rings. The van der Waals surface area contributed by atoms with Crippen molar-refractivity contribution >= 4 is 23.2 Å². The van der Waals surface area contributed by atoms with E-state index in [2.05, 4.69) is 43.6 Å². The van der Waals surface area contributed by atoms with Crippen molar-refractivity contribution < 1.29 is 18.4 Å². The van der Waals surface area contributed by atoms with Crippen molar-refractivity contribution in [2.24, 2.45) is 40.0 Å². The van der Waals surface area contributed by atoms with Gasteiger partial charge in [-0.15, -0.1) is 0 Å². The second kappa shape index (κ2) is 12.9. The maximum absolute atomic E-state index is 16.6. The molecule has 57 heavy (non-hydrogen) atoms. The van der Waals surface area contributed by atoms with E-state index in [1.54, 1.807) is 24.4 Å². The molecule has 0 radical (unpaired) electrons. The molecule has 2 saturated carbocycles. The van der Waals surface area contributed by atoms with Gasteiger partial charge < -0.3 is 14.8 Å². The number of carbonyl (C=O) groups excluding carboxylic acids is 2. The fraction of sp³-hybridized carbons (Fsp3) is 0.500. The standard InChI is InChI=1S/C48H53F2N5O2/c1-25(2)27(5)45(56)54-24-47(15-16-47)22-42(54)44-51-23-41(53-44)31-9-13-36-35-12-8-30(19-37(35)48(49,50)38(36)20-31)29-10-14-39-33(17-29)21-40(52-39)43-32-7-11-34(18-32)55(43)46(57)28(6)26(3)4/h8-10,12-14,17,19-20,23,25-28,32,34,42-43H,7,11,15-16,18,21-22,24H2,1-6H3,(H,51,53)/t27-,28-,32-,34+,42-,43-/m0/s1. The van der Waals surface area contributed by atoms with Crippen molar-refractivity contribution in [1.29, 1.82) is 0 Å². The van der Waals surface area contributed by atoms with Gasteiger partial charge in [-0.2, -0.15) is 8.78 Å². The number of nitrogens with zero attached hydrogens (tertiary/aromatic N) is 4. The maximum Gasteiger partial charge on any atom is 0.299 e. The molecule has 9 heteroatoms. The summed E-state index contributed by atoms with van der Waals surface area (Å²) in [5.74, 6) is -1.19. The fourth-order valence-electron chi connectivity index (χ4n) is 10.7. The Kier molecular flexibility index (Phi) is 8.31. The van der Waals surface area contributed by atoms with E-state index in [-0.39, 0.29) is 64.1 Å². The third-order valence-electron chi connectivity index (χ3n) is 15.0. The first-order valence-corrected chi connectivity index (χ1v) is 21.3. The first-order chi connectivity index (χ1) is 27.2. The monoisotopic (exact) mass is 769 g/mol. The zero-order chi connectivity index (χ0) is 39.7. The van der Waals surface area contributed by atoms with Gasteiger partial charge in [-0.25, -0.2) is 4.98 Å². The van der Waals surface area contributed by atoms with Crippen molar-refractivity contribution in [3.8, 4) is 33.5 Å². The minimum absolute atomic E-state index is 0.00703. The molecular weight excluding hydrogens is 717 g/mol.